The molecule has 4 N–H and O–H groups in total. The van der Waals surface area contributed by atoms with Crippen LogP contribution in [0, 0.1) is 5.92 Å². The van der Waals surface area contributed by atoms with Gasteiger partial charge in [-0.2, -0.15) is 0 Å². The number of nitrogens with two attached hydrogens (primary N) is 1. The number of amides is 2. The molecule has 3 rings (SSSR count). The van der Waals surface area contributed by atoms with Gasteiger partial charge < -0.3 is 20.7 Å². The molecule has 35 heavy (non-hydrogen) atoms. The first-order chi connectivity index (χ1) is 16.6. The lowest BCUT2D eigenvalue weighted by Gasteiger charge is -2.33. The first-order valence-corrected chi connectivity index (χ1v) is 13.3. The maximum absolute atomic E-state index is 13.3. The number of primary amides is 1. The van der Waals surface area contributed by atoms with Crippen LogP contribution in [0.25, 0.3) is 0 Å². The van der Waals surface area contributed by atoms with Crippen LogP contribution in [0.4, 0.5) is 11.4 Å². The molecule has 0 radical (unpaired) electrons. The predicted molar refractivity (Wildman–Crippen MR) is 136 cm³/mol. The number of anilines is 2. The number of piperidine rings is 1. The Morgan fingerprint density at radius 2 is 1.83 bits per heavy atom. The number of carbonyl (C=O) groups is 2. The van der Waals surface area contributed by atoms with E-state index in [0.717, 1.165) is 0 Å². The molecule has 0 aromatic heterocycles. The molecule has 0 spiro atoms. The number of rotatable bonds is 10. The molecular formula is C24H31ClN4O5S. The summed E-state index contributed by atoms with van der Waals surface area (Å²) in [6.07, 6.45) is 1.72. The largest absolute Gasteiger partial charge is 0.484 e. The van der Waals surface area contributed by atoms with Crippen molar-refractivity contribution < 1.29 is 22.7 Å². The van der Waals surface area contributed by atoms with E-state index in [-0.39, 0.29) is 29.4 Å². The van der Waals surface area contributed by atoms with Gasteiger partial charge in [-0.1, -0.05) is 18.5 Å². The van der Waals surface area contributed by atoms with Crippen LogP contribution >= 0.6 is 11.6 Å². The second-order valence-electron chi connectivity index (χ2n) is 8.57. The first-order valence-electron chi connectivity index (χ1n) is 11.5. The van der Waals surface area contributed by atoms with Crippen molar-refractivity contribution in [1.29, 1.82) is 0 Å². The molecule has 1 atom stereocenters. The fourth-order valence-electron chi connectivity index (χ4n) is 3.76. The van der Waals surface area contributed by atoms with Gasteiger partial charge in [0.15, 0.2) is 6.61 Å². The van der Waals surface area contributed by atoms with E-state index in [2.05, 4.69) is 10.0 Å². The maximum atomic E-state index is 13.3. The van der Waals surface area contributed by atoms with Crippen molar-refractivity contribution in [3.8, 4) is 5.75 Å². The van der Waals surface area contributed by atoms with Crippen molar-refractivity contribution >= 4 is 44.8 Å². The second-order valence-corrected chi connectivity index (χ2v) is 10.7. The maximum Gasteiger partial charge on any atom is 0.262 e. The Hall–Kier alpha value is -2.82. The molecule has 1 aliphatic heterocycles. The number of ether oxygens (including phenoxy) is 1. The molecule has 9 nitrogen and oxygen atoms in total. The van der Waals surface area contributed by atoms with Crippen LogP contribution in [0.15, 0.2) is 47.4 Å². The van der Waals surface area contributed by atoms with Gasteiger partial charge in [0.25, 0.3) is 5.91 Å². The van der Waals surface area contributed by atoms with Crippen LogP contribution in [-0.4, -0.2) is 46.0 Å². The van der Waals surface area contributed by atoms with Gasteiger partial charge in [0, 0.05) is 35.8 Å². The molecule has 2 aromatic carbocycles. The van der Waals surface area contributed by atoms with Gasteiger partial charge in [-0.3, -0.25) is 9.59 Å². The summed E-state index contributed by atoms with van der Waals surface area (Å²) in [6.45, 7) is 4.42. The summed E-state index contributed by atoms with van der Waals surface area (Å²) >= 11 is 5.85. The standard InChI is InChI=1S/C24H31ClN4O5S/c1-3-16(2)28-35(32,33)22-14-19(27-23(30)15-34-20-7-4-18(25)5-8-20)6-9-21(22)29-12-10-17(11-13-29)24(26)31/h4-9,14,16-17,28H,3,10-13,15H2,1-2H3,(H2,26,31)(H,27,30). The van der Waals surface area contributed by atoms with E-state index in [0.29, 0.717) is 54.5 Å². The molecule has 1 aliphatic rings. The Bertz CT molecular complexity index is 1150. The van der Waals surface area contributed by atoms with Crippen LogP contribution in [-0.2, 0) is 19.6 Å². The van der Waals surface area contributed by atoms with Crippen molar-refractivity contribution in [3.63, 3.8) is 0 Å². The molecule has 2 amide bonds. The van der Waals surface area contributed by atoms with Crippen LogP contribution < -0.4 is 25.4 Å². The molecular weight excluding hydrogens is 492 g/mol. The third-order valence-corrected chi connectivity index (χ3v) is 7.79. The second kappa shape index (κ2) is 11.7. The van der Waals surface area contributed by atoms with E-state index >= 15 is 0 Å². The fourth-order valence-corrected chi connectivity index (χ4v) is 5.47. The zero-order chi connectivity index (χ0) is 25.6. The molecule has 0 bridgehead atoms. The number of hydrogen-bond donors (Lipinski definition) is 3. The van der Waals surface area contributed by atoms with Gasteiger partial charge in [0.2, 0.25) is 15.9 Å². The Labute approximate surface area is 211 Å². The number of sulfonamides is 1. The third kappa shape index (κ3) is 7.33. The number of nitrogens with one attached hydrogen (secondary N) is 2. The molecule has 2 aromatic rings. The van der Waals surface area contributed by atoms with E-state index in [1.165, 1.54) is 6.07 Å². The summed E-state index contributed by atoms with van der Waals surface area (Å²) in [5.74, 6) is -0.507. The molecule has 11 heteroatoms. The summed E-state index contributed by atoms with van der Waals surface area (Å²) in [4.78, 5) is 26.0. The molecule has 0 saturated carbocycles. The number of nitrogens with zero attached hydrogens (tertiary/aromatic N) is 1. The van der Waals surface area contributed by atoms with E-state index < -0.39 is 15.9 Å². The fraction of sp³-hybridized carbons (Fsp3) is 0.417. The van der Waals surface area contributed by atoms with Crippen molar-refractivity contribution in [2.45, 2.75) is 44.0 Å². The first kappa shape index (κ1) is 26.8. The third-order valence-electron chi connectivity index (χ3n) is 5.92. The summed E-state index contributed by atoms with van der Waals surface area (Å²) < 4.78 is 34.7. The van der Waals surface area contributed by atoms with Gasteiger partial charge in [0.05, 0.1) is 5.69 Å². The minimum absolute atomic E-state index is 0.0618. The summed E-state index contributed by atoms with van der Waals surface area (Å²) in [5.41, 5.74) is 6.28. The number of halogens is 1. The zero-order valence-electron chi connectivity index (χ0n) is 19.8. The number of benzene rings is 2. The van der Waals surface area contributed by atoms with Gasteiger partial charge in [-0.25, -0.2) is 13.1 Å². The SMILES string of the molecule is CCC(C)NS(=O)(=O)c1cc(NC(=O)COc2ccc(Cl)cc2)ccc1N1CCC(C(N)=O)CC1. The summed E-state index contributed by atoms with van der Waals surface area (Å²) in [5, 5.41) is 3.25. The molecule has 1 saturated heterocycles. The van der Waals surface area contributed by atoms with Crippen LogP contribution in [0.2, 0.25) is 5.02 Å². The van der Waals surface area contributed by atoms with Crippen LogP contribution in [0.3, 0.4) is 0 Å². The monoisotopic (exact) mass is 522 g/mol. The van der Waals surface area contributed by atoms with Crippen molar-refractivity contribution in [2.24, 2.45) is 11.7 Å². The zero-order valence-corrected chi connectivity index (χ0v) is 21.4. The summed E-state index contributed by atoms with van der Waals surface area (Å²) in [7, 11) is -3.88. The molecule has 1 heterocycles. The van der Waals surface area contributed by atoms with E-state index in [1.54, 1.807) is 43.3 Å². The van der Waals surface area contributed by atoms with Gasteiger partial charge in [-0.15, -0.1) is 0 Å². The van der Waals surface area contributed by atoms with Gasteiger partial charge >= 0.3 is 0 Å². The lowest BCUT2D eigenvalue weighted by Crippen LogP contribution is -2.40. The minimum atomic E-state index is -3.88. The van der Waals surface area contributed by atoms with Crippen LogP contribution in [0.1, 0.15) is 33.1 Å². The highest BCUT2D eigenvalue weighted by atomic mass is 35.5. The smallest absolute Gasteiger partial charge is 0.262 e. The van der Waals surface area contributed by atoms with Gasteiger partial charge in [0.1, 0.15) is 10.6 Å². The van der Waals surface area contributed by atoms with Crippen LogP contribution in [0.5, 0.6) is 5.75 Å². The highest BCUT2D eigenvalue weighted by molar-refractivity contribution is 7.89. The lowest BCUT2D eigenvalue weighted by atomic mass is 9.96. The number of hydrogen-bond acceptors (Lipinski definition) is 6. The average Bonchev–Trinajstić information content (AvgIpc) is 2.83. The van der Waals surface area contributed by atoms with E-state index in [4.69, 9.17) is 22.1 Å². The molecule has 1 fully saturated rings. The van der Waals surface area contributed by atoms with Gasteiger partial charge in [-0.05, 0) is 68.7 Å². The number of carbonyl (C=O) groups excluding carboxylic acids is 2. The van der Waals surface area contributed by atoms with E-state index in [9.17, 15) is 18.0 Å². The average molecular weight is 523 g/mol. The topological polar surface area (TPSA) is 131 Å². The highest BCUT2D eigenvalue weighted by Crippen LogP contribution is 2.32. The highest BCUT2D eigenvalue weighted by Gasteiger charge is 2.28. The van der Waals surface area contributed by atoms with E-state index in [1.807, 2.05) is 11.8 Å². The molecule has 0 aliphatic carbocycles. The van der Waals surface area contributed by atoms with Crippen molar-refractivity contribution in [3.05, 3.63) is 47.5 Å². The quantitative estimate of drug-likeness (QED) is 0.439. The van der Waals surface area contributed by atoms with Crippen molar-refractivity contribution in [2.75, 3.05) is 29.9 Å². The molecule has 190 valence electrons. The Kier molecular flexibility index (Phi) is 8.98. The lowest BCUT2D eigenvalue weighted by molar-refractivity contribution is -0.122. The molecule has 1 unspecified atom stereocenters. The normalized spacial score (nSPS) is 15.5. The Morgan fingerprint density at radius 3 is 2.43 bits per heavy atom. The van der Waals surface area contributed by atoms with Crippen molar-refractivity contribution in [1.82, 2.24) is 4.72 Å². The minimum Gasteiger partial charge on any atom is -0.484 e. The Morgan fingerprint density at radius 1 is 1.17 bits per heavy atom. The predicted octanol–water partition coefficient (Wildman–Crippen LogP) is 3.14. The Balaban J connectivity index is 1.80. The summed E-state index contributed by atoms with van der Waals surface area (Å²) in [6, 6.07) is 11.1.